The Kier molecular flexibility index (Phi) is 3.67. The number of rotatable bonds is 4. The van der Waals surface area contributed by atoms with Gasteiger partial charge in [-0.05, 0) is 48.8 Å². The second-order valence-corrected chi connectivity index (χ2v) is 5.93. The molecule has 1 fully saturated rings. The van der Waals surface area contributed by atoms with Crippen molar-refractivity contribution in [2.45, 2.75) is 39.3 Å². The molecule has 0 atom stereocenters. The summed E-state index contributed by atoms with van der Waals surface area (Å²) in [5.74, 6) is 0.819. The van der Waals surface area contributed by atoms with Crippen LogP contribution in [0.5, 0.6) is 0 Å². The summed E-state index contributed by atoms with van der Waals surface area (Å²) in [4.78, 5) is 15.2. The lowest BCUT2D eigenvalue weighted by Crippen LogP contribution is -2.46. The molecule has 1 amide bonds. The Hall–Kier alpha value is -1.09. The molecule has 3 heteroatoms. The van der Waals surface area contributed by atoms with Crippen molar-refractivity contribution in [3.63, 3.8) is 0 Å². The number of carbonyl (C=O) groups is 1. The summed E-state index contributed by atoms with van der Waals surface area (Å²) < 4.78 is 0. The van der Waals surface area contributed by atoms with Gasteiger partial charge in [0.15, 0.2) is 0 Å². The van der Waals surface area contributed by atoms with Crippen molar-refractivity contribution in [1.82, 2.24) is 4.90 Å². The normalized spacial score (nSPS) is 22.9. The van der Waals surface area contributed by atoms with Gasteiger partial charge in [0.2, 0.25) is 5.91 Å². The zero-order valence-electron chi connectivity index (χ0n) is 10.5. The van der Waals surface area contributed by atoms with E-state index in [9.17, 15) is 4.79 Å². The Morgan fingerprint density at radius 1 is 1.65 bits per heavy atom. The first-order chi connectivity index (χ1) is 8.11. The molecule has 0 spiro atoms. The molecule has 1 aliphatic rings. The molecule has 17 heavy (non-hydrogen) atoms. The molecular weight excluding hydrogens is 230 g/mol. The second-order valence-electron chi connectivity index (χ2n) is 4.93. The van der Waals surface area contributed by atoms with E-state index in [4.69, 9.17) is 0 Å². The van der Waals surface area contributed by atoms with Crippen molar-refractivity contribution in [3.05, 3.63) is 34.5 Å². The molecule has 0 unspecified atom stereocenters. The molecule has 0 bridgehead atoms. The van der Waals surface area contributed by atoms with Crippen LogP contribution in [-0.2, 0) is 11.3 Å². The molecule has 1 saturated carbocycles. The predicted octanol–water partition coefficient (Wildman–Crippen LogP) is 3.37. The van der Waals surface area contributed by atoms with Crippen molar-refractivity contribution in [1.29, 1.82) is 0 Å². The third kappa shape index (κ3) is 2.60. The quantitative estimate of drug-likeness (QED) is 0.749. The van der Waals surface area contributed by atoms with Crippen LogP contribution < -0.4 is 0 Å². The number of aryl methyl sites for hydroxylation is 1. The smallest absolute Gasteiger partial charge is 0.246 e. The first kappa shape index (κ1) is 12.4. The van der Waals surface area contributed by atoms with Crippen LogP contribution in [0, 0.1) is 12.8 Å². The first-order valence-corrected chi connectivity index (χ1v) is 6.95. The molecule has 1 aromatic rings. The van der Waals surface area contributed by atoms with Crippen molar-refractivity contribution in [3.8, 4) is 0 Å². The summed E-state index contributed by atoms with van der Waals surface area (Å²) in [6.07, 6.45) is 3.69. The van der Waals surface area contributed by atoms with Gasteiger partial charge in [-0.25, -0.2) is 0 Å². The van der Waals surface area contributed by atoms with E-state index >= 15 is 0 Å². The predicted molar refractivity (Wildman–Crippen MR) is 72.0 cm³/mol. The van der Waals surface area contributed by atoms with Crippen LogP contribution in [-0.4, -0.2) is 16.8 Å². The number of hydrogen-bond donors (Lipinski definition) is 0. The van der Waals surface area contributed by atoms with Crippen LogP contribution >= 0.6 is 11.3 Å². The standard InChI is InChI=1S/C14H19NOS/c1-4-14(16)15(12-7-10(2)8-12)9-13-11(3)5-6-17-13/h4-6,10,12H,1,7-9H2,2-3H3. The van der Waals surface area contributed by atoms with Gasteiger partial charge in [-0.1, -0.05) is 13.5 Å². The number of amides is 1. The minimum absolute atomic E-state index is 0.0645. The highest BCUT2D eigenvalue weighted by Crippen LogP contribution is 2.33. The average Bonchev–Trinajstić information content (AvgIpc) is 2.67. The number of thiophene rings is 1. The lowest BCUT2D eigenvalue weighted by atomic mass is 9.80. The number of hydrogen-bond acceptors (Lipinski definition) is 2. The van der Waals surface area contributed by atoms with Crippen molar-refractivity contribution < 1.29 is 4.79 Å². The van der Waals surface area contributed by atoms with Gasteiger partial charge >= 0.3 is 0 Å². The molecular formula is C14H19NOS. The summed E-state index contributed by atoms with van der Waals surface area (Å²) >= 11 is 1.73. The zero-order valence-corrected chi connectivity index (χ0v) is 11.3. The van der Waals surface area contributed by atoms with Gasteiger partial charge in [0.1, 0.15) is 0 Å². The monoisotopic (exact) mass is 249 g/mol. The highest BCUT2D eigenvalue weighted by molar-refractivity contribution is 7.10. The Bertz CT molecular complexity index is 418. The maximum absolute atomic E-state index is 11.9. The van der Waals surface area contributed by atoms with Crippen LogP contribution in [0.4, 0.5) is 0 Å². The highest BCUT2D eigenvalue weighted by Gasteiger charge is 2.32. The highest BCUT2D eigenvalue weighted by atomic mass is 32.1. The first-order valence-electron chi connectivity index (χ1n) is 6.07. The van der Waals surface area contributed by atoms with Gasteiger partial charge in [0.05, 0.1) is 6.54 Å². The molecule has 0 aromatic carbocycles. The molecule has 1 aromatic heterocycles. The van der Waals surface area contributed by atoms with E-state index in [0.29, 0.717) is 6.04 Å². The summed E-state index contributed by atoms with van der Waals surface area (Å²) in [5, 5.41) is 2.09. The molecule has 0 N–H and O–H groups in total. The summed E-state index contributed by atoms with van der Waals surface area (Å²) in [5.41, 5.74) is 1.28. The minimum atomic E-state index is 0.0645. The SMILES string of the molecule is C=CC(=O)N(Cc1sccc1C)C1CC(C)C1. The maximum Gasteiger partial charge on any atom is 0.246 e. The Balaban J connectivity index is 2.08. The van der Waals surface area contributed by atoms with Gasteiger partial charge in [-0.15, -0.1) is 11.3 Å². The van der Waals surface area contributed by atoms with E-state index in [0.717, 1.165) is 25.3 Å². The zero-order chi connectivity index (χ0) is 12.4. The van der Waals surface area contributed by atoms with Crippen LogP contribution in [0.3, 0.4) is 0 Å². The fraction of sp³-hybridized carbons (Fsp3) is 0.500. The van der Waals surface area contributed by atoms with E-state index in [1.54, 1.807) is 11.3 Å². The fourth-order valence-corrected chi connectivity index (χ4v) is 3.24. The molecule has 1 heterocycles. The van der Waals surface area contributed by atoms with Crippen LogP contribution in [0.1, 0.15) is 30.2 Å². The molecule has 1 aliphatic carbocycles. The number of carbonyl (C=O) groups excluding carboxylic acids is 1. The van der Waals surface area contributed by atoms with Crippen molar-refractivity contribution in [2.24, 2.45) is 5.92 Å². The van der Waals surface area contributed by atoms with Gasteiger partial charge in [0.25, 0.3) is 0 Å². The van der Waals surface area contributed by atoms with E-state index in [-0.39, 0.29) is 5.91 Å². The van der Waals surface area contributed by atoms with E-state index in [1.165, 1.54) is 16.5 Å². The summed E-state index contributed by atoms with van der Waals surface area (Å²) in [7, 11) is 0. The van der Waals surface area contributed by atoms with Gasteiger partial charge in [-0.3, -0.25) is 4.79 Å². The molecule has 0 radical (unpaired) electrons. The minimum Gasteiger partial charge on any atom is -0.331 e. The molecule has 2 rings (SSSR count). The lowest BCUT2D eigenvalue weighted by Gasteiger charge is -2.41. The Labute approximate surface area is 107 Å². The number of nitrogens with zero attached hydrogens (tertiary/aromatic N) is 1. The van der Waals surface area contributed by atoms with Crippen molar-refractivity contribution >= 4 is 17.2 Å². The van der Waals surface area contributed by atoms with E-state index in [1.807, 2.05) is 4.90 Å². The third-order valence-electron chi connectivity index (χ3n) is 3.53. The largest absolute Gasteiger partial charge is 0.331 e. The van der Waals surface area contributed by atoms with Gasteiger partial charge in [0, 0.05) is 10.9 Å². The van der Waals surface area contributed by atoms with E-state index in [2.05, 4.69) is 31.9 Å². The van der Waals surface area contributed by atoms with Crippen LogP contribution in [0.2, 0.25) is 0 Å². The summed E-state index contributed by atoms with van der Waals surface area (Å²) in [6, 6.07) is 2.52. The average molecular weight is 249 g/mol. The van der Waals surface area contributed by atoms with E-state index < -0.39 is 0 Å². The molecule has 0 aliphatic heterocycles. The molecule has 2 nitrogen and oxygen atoms in total. The van der Waals surface area contributed by atoms with Crippen LogP contribution in [0.15, 0.2) is 24.1 Å². The molecule has 92 valence electrons. The lowest BCUT2D eigenvalue weighted by molar-refractivity contribution is -0.131. The Morgan fingerprint density at radius 2 is 2.35 bits per heavy atom. The van der Waals surface area contributed by atoms with Crippen molar-refractivity contribution in [2.75, 3.05) is 0 Å². The van der Waals surface area contributed by atoms with Gasteiger partial charge < -0.3 is 4.90 Å². The summed E-state index contributed by atoms with van der Waals surface area (Å²) in [6.45, 7) is 8.69. The Morgan fingerprint density at radius 3 is 2.82 bits per heavy atom. The fourth-order valence-electron chi connectivity index (χ4n) is 2.34. The second kappa shape index (κ2) is 5.05. The van der Waals surface area contributed by atoms with Crippen LogP contribution in [0.25, 0.3) is 0 Å². The maximum atomic E-state index is 11.9. The van der Waals surface area contributed by atoms with Gasteiger partial charge in [-0.2, -0.15) is 0 Å². The molecule has 0 saturated heterocycles. The third-order valence-corrected chi connectivity index (χ3v) is 4.54. The topological polar surface area (TPSA) is 20.3 Å².